The van der Waals surface area contributed by atoms with Gasteiger partial charge in [-0.05, 0) is 56.7 Å². The topological polar surface area (TPSA) is 39.4 Å². The van der Waals surface area contributed by atoms with Crippen molar-refractivity contribution < 1.29 is 4.74 Å². The third kappa shape index (κ3) is 5.74. The average molecular weight is 438 g/mol. The number of hydrogen-bond donors (Lipinski definition) is 0. The Balaban J connectivity index is 1.23. The number of aryl methyl sites for hydroxylation is 1. The third-order valence-corrected chi connectivity index (χ3v) is 6.95. The molecule has 0 saturated heterocycles. The lowest BCUT2D eigenvalue weighted by Gasteiger charge is -2.27. The lowest BCUT2D eigenvalue weighted by molar-refractivity contribution is 0.290. The molecule has 1 fully saturated rings. The Bertz CT molecular complexity index is 936. The zero-order valence-electron chi connectivity index (χ0n) is 19.7. The first-order valence-electron chi connectivity index (χ1n) is 12.7. The molecule has 4 rings (SSSR count). The van der Waals surface area contributed by atoms with Crippen LogP contribution in [-0.2, 0) is 6.54 Å². The van der Waals surface area contributed by atoms with Gasteiger partial charge in [-0.25, -0.2) is 4.79 Å². The molecule has 32 heavy (non-hydrogen) atoms. The predicted octanol–water partition coefficient (Wildman–Crippen LogP) is 5.51. The third-order valence-electron chi connectivity index (χ3n) is 6.95. The lowest BCUT2D eigenvalue weighted by atomic mass is 9.95. The molecular weight excluding hydrogens is 398 g/mol. The number of aromatic nitrogens is 2. The first kappa shape index (κ1) is 22.9. The van der Waals surface area contributed by atoms with E-state index in [1.807, 2.05) is 21.5 Å². The van der Waals surface area contributed by atoms with Crippen LogP contribution in [0, 0.1) is 0 Å². The van der Waals surface area contributed by atoms with Crippen LogP contribution in [0.1, 0.15) is 76.3 Å². The molecule has 1 aromatic heterocycles. The normalized spacial score (nSPS) is 18.0. The first-order chi connectivity index (χ1) is 15.8. The predicted molar refractivity (Wildman–Crippen MR) is 131 cm³/mol. The molecule has 174 valence electrons. The number of rotatable bonds is 10. The molecule has 0 amide bonds. The minimum absolute atomic E-state index is 0.186. The highest BCUT2D eigenvalue weighted by Gasteiger charge is 2.18. The van der Waals surface area contributed by atoms with Crippen LogP contribution in [0.15, 0.2) is 47.5 Å². The fourth-order valence-electron chi connectivity index (χ4n) is 5.08. The summed E-state index contributed by atoms with van der Waals surface area (Å²) in [6, 6.07) is 8.85. The highest BCUT2D eigenvalue weighted by Crippen LogP contribution is 2.30. The monoisotopic (exact) mass is 437 g/mol. The maximum atomic E-state index is 12.7. The minimum Gasteiger partial charge on any atom is -0.493 e. The van der Waals surface area contributed by atoms with E-state index in [0.29, 0.717) is 6.04 Å². The Morgan fingerprint density at radius 1 is 1.03 bits per heavy atom. The maximum absolute atomic E-state index is 12.7. The summed E-state index contributed by atoms with van der Waals surface area (Å²) in [6.07, 6.45) is 16.8. The van der Waals surface area contributed by atoms with Crippen molar-refractivity contribution in [2.75, 3.05) is 26.2 Å². The van der Waals surface area contributed by atoms with Crippen molar-refractivity contribution in [1.82, 2.24) is 14.0 Å². The summed E-state index contributed by atoms with van der Waals surface area (Å²) in [4.78, 5) is 15.2. The van der Waals surface area contributed by atoms with Crippen LogP contribution in [0.2, 0.25) is 0 Å². The number of para-hydroxylation sites is 1. The second-order valence-corrected chi connectivity index (χ2v) is 9.30. The van der Waals surface area contributed by atoms with Crippen LogP contribution >= 0.6 is 0 Å². The van der Waals surface area contributed by atoms with E-state index in [-0.39, 0.29) is 5.69 Å². The van der Waals surface area contributed by atoms with Gasteiger partial charge in [0.15, 0.2) is 0 Å². The van der Waals surface area contributed by atoms with Crippen LogP contribution in [0.4, 0.5) is 0 Å². The van der Waals surface area contributed by atoms with Gasteiger partial charge in [0.25, 0.3) is 0 Å². The zero-order valence-corrected chi connectivity index (χ0v) is 19.7. The standard InChI is InChI=1S/C27H39N3O2/c1-2-22-32-26-13-7-6-12-25(26)23-14-18-28(19-15-23)16-8-9-17-29-20-21-30(27(29)31)24-10-4-3-5-11-24/h6-7,12-14,20-21,24H,2-5,8-11,15-19,22H2,1H3. The SMILES string of the molecule is CCCOc1ccccc1C1=CCN(CCCCn2ccn(C3CCCCC3)c2=O)CC1. The number of unbranched alkanes of at least 4 members (excludes halogenated alkanes) is 1. The Morgan fingerprint density at radius 3 is 2.62 bits per heavy atom. The molecule has 5 heteroatoms. The molecule has 0 radical (unpaired) electrons. The second kappa shape index (κ2) is 11.6. The van der Waals surface area contributed by atoms with Gasteiger partial charge in [-0.3, -0.25) is 14.0 Å². The van der Waals surface area contributed by atoms with Gasteiger partial charge in [-0.15, -0.1) is 0 Å². The molecule has 0 spiro atoms. The summed E-state index contributed by atoms with van der Waals surface area (Å²) in [5.74, 6) is 1.01. The van der Waals surface area contributed by atoms with Crippen molar-refractivity contribution >= 4 is 5.57 Å². The van der Waals surface area contributed by atoms with Crippen molar-refractivity contribution in [2.45, 2.75) is 77.3 Å². The molecule has 1 aliphatic heterocycles. The van der Waals surface area contributed by atoms with Crippen molar-refractivity contribution in [3.8, 4) is 5.75 Å². The Labute approximate surface area is 192 Å². The van der Waals surface area contributed by atoms with E-state index in [4.69, 9.17) is 4.74 Å². The summed E-state index contributed by atoms with van der Waals surface area (Å²) in [7, 11) is 0. The number of ether oxygens (including phenoxy) is 1. The Hall–Kier alpha value is -2.27. The largest absolute Gasteiger partial charge is 0.493 e. The van der Waals surface area contributed by atoms with E-state index >= 15 is 0 Å². The highest BCUT2D eigenvalue weighted by molar-refractivity contribution is 5.71. The van der Waals surface area contributed by atoms with Gasteiger partial charge in [0.05, 0.1) is 6.61 Å². The van der Waals surface area contributed by atoms with Crippen LogP contribution in [0.3, 0.4) is 0 Å². The van der Waals surface area contributed by atoms with Gasteiger partial charge in [0, 0.05) is 43.6 Å². The molecule has 2 heterocycles. The van der Waals surface area contributed by atoms with E-state index < -0.39 is 0 Å². The Morgan fingerprint density at radius 2 is 1.84 bits per heavy atom. The lowest BCUT2D eigenvalue weighted by Crippen LogP contribution is -2.30. The molecule has 0 unspecified atom stereocenters. The summed E-state index contributed by atoms with van der Waals surface area (Å²) >= 11 is 0. The van der Waals surface area contributed by atoms with Crippen molar-refractivity contribution in [3.05, 3.63) is 58.8 Å². The average Bonchev–Trinajstić information content (AvgIpc) is 3.22. The molecule has 1 aromatic carbocycles. The van der Waals surface area contributed by atoms with Gasteiger partial charge in [-0.2, -0.15) is 0 Å². The van der Waals surface area contributed by atoms with Gasteiger partial charge in [0.1, 0.15) is 5.75 Å². The molecule has 1 aliphatic carbocycles. The van der Waals surface area contributed by atoms with Gasteiger partial charge < -0.3 is 4.74 Å². The maximum Gasteiger partial charge on any atom is 0.328 e. The summed E-state index contributed by atoms with van der Waals surface area (Å²) in [6.45, 7) is 6.92. The van der Waals surface area contributed by atoms with Gasteiger partial charge >= 0.3 is 5.69 Å². The van der Waals surface area contributed by atoms with Crippen LogP contribution in [0.25, 0.3) is 5.57 Å². The van der Waals surface area contributed by atoms with Crippen LogP contribution in [0.5, 0.6) is 5.75 Å². The first-order valence-corrected chi connectivity index (χ1v) is 12.7. The summed E-state index contributed by atoms with van der Waals surface area (Å²) < 4.78 is 9.85. The number of benzene rings is 1. The van der Waals surface area contributed by atoms with E-state index in [2.05, 4.69) is 42.2 Å². The molecule has 0 N–H and O–H groups in total. The Kier molecular flexibility index (Phi) is 8.27. The van der Waals surface area contributed by atoms with Crippen molar-refractivity contribution in [1.29, 1.82) is 0 Å². The number of nitrogens with zero attached hydrogens (tertiary/aromatic N) is 3. The zero-order chi connectivity index (χ0) is 22.2. The van der Waals surface area contributed by atoms with Gasteiger partial charge in [-0.1, -0.05) is 50.5 Å². The molecule has 0 atom stereocenters. The van der Waals surface area contributed by atoms with E-state index in [1.165, 1.54) is 30.4 Å². The quantitative estimate of drug-likeness (QED) is 0.460. The minimum atomic E-state index is 0.186. The van der Waals surface area contributed by atoms with Crippen LogP contribution in [-0.4, -0.2) is 40.3 Å². The fraction of sp³-hybridized carbons (Fsp3) is 0.593. The molecule has 2 aromatic rings. The molecular formula is C27H39N3O2. The molecule has 0 bridgehead atoms. The highest BCUT2D eigenvalue weighted by atomic mass is 16.5. The summed E-state index contributed by atoms with van der Waals surface area (Å²) in [5.41, 5.74) is 2.84. The molecule has 2 aliphatic rings. The van der Waals surface area contributed by atoms with E-state index in [1.54, 1.807) is 0 Å². The van der Waals surface area contributed by atoms with Crippen LogP contribution < -0.4 is 10.4 Å². The van der Waals surface area contributed by atoms with E-state index in [0.717, 1.165) is 77.1 Å². The molecule has 1 saturated carbocycles. The number of hydrogen-bond acceptors (Lipinski definition) is 3. The second-order valence-electron chi connectivity index (χ2n) is 9.30. The summed E-state index contributed by atoms with van der Waals surface area (Å²) in [5, 5.41) is 0. The fourth-order valence-corrected chi connectivity index (χ4v) is 5.08. The smallest absolute Gasteiger partial charge is 0.328 e. The van der Waals surface area contributed by atoms with E-state index in [9.17, 15) is 4.79 Å². The number of imidazole rings is 1. The molecule has 5 nitrogen and oxygen atoms in total. The van der Waals surface area contributed by atoms with Crippen molar-refractivity contribution in [3.63, 3.8) is 0 Å². The van der Waals surface area contributed by atoms with Crippen molar-refractivity contribution in [2.24, 2.45) is 0 Å². The van der Waals surface area contributed by atoms with Gasteiger partial charge in [0.2, 0.25) is 0 Å².